The molecule has 0 amide bonds. The maximum absolute atomic E-state index is 14.3. The SMILES string of the molecule is Cc1cnc2c(c1)nc(-c1ccccc1F)n2C1CCNCC1. The fourth-order valence-corrected chi connectivity index (χ4v) is 3.33. The van der Waals surface area contributed by atoms with Crippen LogP contribution in [0, 0.1) is 12.7 Å². The highest BCUT2D eigenvalue weighted by Crippen LogP contribution is 2.32. The Balaban J connectivity index is 1.96. The van der Waals surface area contributed by atoms with E-state index >= 15 is 0 Å². The molecule has 1 aromatic carbocycles. The van der Waals surface area contributed by atoms with Gasteiger partial charge in [0.15, 0.2) is 5.65 Å². The molecular formula is C18H19FN4. The molecule has 2 aromatic heterocycles. The van der Waals surface area contributed by atoms with Gasteiger partial charge in [-0.3, -0.25) is 0 Å². The number of aromatic nitrogens is 3. The largest absolute Gasteiger partial charge is 0.317 e. The number of imidazole rings is 1. The molecule has 0 radical (unpaired) electrons. The first-order valence-corrected chi connectivity index (χ1v) is 8.04. The number of nitrogens with one attached hydrogen (secondary N) is 1. The van der Waals surface area contributed by atoms with Gasteiger partial charge in [0.25, 0.3) is 0 Å². The van der Waals surface area contributed by atoms with Crippen molar-refractivity contribution in [1.82, 2.24) is 19.9 Å². The van der Waals surface area contributed by atoms with E-state index in [1.807, 2.05) is 25.3 Å². The van der Waals surface area contributed by atoms with Crippen molar-refractivity contribution in [3.8, 4) is 11.4 Å². The van der Waals surface area contributed by atoms with Crippen molar-refractivity contribution in [2.75, 3.05) is 13.1 Å². The summed E-state index contributed by atoms with van der Waals surface area (Å²) in [6.45, 7) is 3.93. The van der Waals surface area contributed by atoms with E-state index in [4.69, 9.17) is 4.98 Å². The molecule has 0 saturated carbocycles. The second kappa shape index (κ2) is 5.74. The van der Waals surface area contributed by atoms with Crippen LogP contribution in [-0.4, -0.2) is 27.6 Å². The molecule has 1 saturated heterocycles. The molecule has 3 aromatic rings. The number of fused-ring (bicyclic) bond motifs is 1. The van der Waals surface area contributed by atoms with Crippen LogP contribution in [0.15, 0.2) is 36.5 Å². The summed E-state index contributed by atoms with van der Waals surface area (Å²) in [5.41, 5.74) is 3.29. The molecule has 0 atom stereocenters. The number of hydrogen-bond donors (Lipinski definition) is 1. The zero-order valence-electron chi connectivity index (χ0n) is 13.1. The highest BCUT2D eigenvalue weighted by atomic mass is 19.1. The summed E-state index contributed by atoms with van der Waals surface area (Å²) in [7, 11) is 0. The number of halogens is 1. The third-order valence-electron chi connectivity index (χ3n) is 4.46. The van der Waals surface area contributed by atoms with Crippen LogP contribution < -0.4 is 5.32 Å². The summed E-state index contributed by atoms with van der Waals surface area (Å²) < 4.78 is 16.5. The van der Waals surface area contributed by atoms with Crippen molar-refractivity contribution >= 4 is 11.2 Å². The van der Waals surface area contributed by atoms with Crippen molar-refractivity contribution in [2.24, 2.45) is 0 Å². The molecule has 118 valence electrons. The Morgan fingerprint density at radius 3 is 2.78 bits per heavy atom. The first kappa shape index (κ1) is 14.3. The molecule has 1 aliphatic heterocycles. The molecule has 0 unspecified atom stereocenters. The Morgan fingerprint density at radius 1 is 1.22 bits per heavy atom. The predicted octanol–water partition coefficient (Wildman–Crippen LogP) is 3.47. The van der Waals surface area contributed by atoms with E-state index < -0.39 is 0 Å². The monoisotopic (exact) mass is 310 g/mol. The van der Waals surface area contributed by atoms with Crippen LogP contribution in [0.25, 0.3) is 22.6 Å². The number of aryl methyl sites for hydroxylation is 1. The maximum Gasteiger partial charge on any atom is 0.160 e. The highest BCUT2D eigenvalue weighted by Gasteiger charge is 2.24. The minimum absolute atomic E-state index is 0.241. The number of rotatable bonds is 2. The summed E-state index contributed by atoms with van der Waals surface area (Å²) >= 11 is 0. The molecular weight excluding hydrogens is 291 g/mol. The van der Waals surface area contributed by atoms with Crippen LogP contribution in [-0.2, 0) is 0 Å². The first-order chi connectivity index (χ1) is 11.2. The summed E-state index contributed by atoms with van der Waals surface area (Å²) in [4.78, 5) is 9.31. The van der Waals surface area contributed by atoms with Crippen LogP contribution in [0.5, 0.6) is 0 Å². The second-order valence-electron chi connectivity index (χ2n) is 6.12. The van der Waals surface area contributed by atoms with Gasteiger partial charge in [0.1, 0.15) is 17.2 Å². The molecule has 23 heavy (non-hydrogen) atoms. The van der Waals surface area contributed by atoms with Crippen LogP contribution in [0.4, 0.5) is 4.39 Å². The number of piperidine rings is 1. The van der Waals surface area contributed by atoms with Crippen LogP contribution in [0.3, 0.4) is 0 Å². The van der Waals surface area contributed by atoms with Gasteiger partial charge in [-0.2, -0.15) is 0 Å². The first-order valence-electron chi connectivity index (χ1n) is 8.04. The van der Waals surface area contributed by atoms with Gasteiger partial charge < -0.3 is 9.88 Å². The smallest absolute Gasteiger partial charge is 0.160 e. The Morgan fingerprint density at radius 2 is 2.00 bits per heavy atom. The van der Waals surface area contributed by atoms with E-state index in [1.54, 1.807) is 12.1 Å². The fraction of sp³-hybridized carbons (Fsp3) is 0.333. The molecule has 0 bridgehead atoms. The Bertz CT molecular complexity index is 849. The third kappa shape index (κ3) is 2.51. The van der Waals surface area contributed by atoms with E-state index in [1.165, 1.54) is 6.07 Å². The van der Waals surface area contributed by atoms with E-state index in [0.717, 1.165) is 42.7 Å². The van der Waals surface area contributed by atoms with E-state index in [2.05, 4.69) is 14.9 Å². The van der Waals surface area contributed by atoms with Gasteiger partial charge in [0.2, 0.25) is 0 Å². The Kier molecular flexibility index (Phi) is 3.58. The van der Waals surface area contributed by atoms with Gasteiger partial charge in [0, 0.05) is 12.2 Å². The molecule has 1 N–H and O–H groups in total. The van der Waals surface area contributed by atoms with Gasteiger partial charge in [0.05, 0.1) is 5.56 Å². The van der Waals surface area contributed by atoms with Crippen LogP contribution in [0.1, 0.15) is 24.4 Å². The molecule has 3 heterocycles. The van der Waals surface area contributed by atoms with Crippen molar-refractivity contribution in [3.05, 3.63) is 47.9 Å². The summed E-state index contributed by atoms with van der Waals surface area (Å²) in [5, 5.41) is 3.38. The summed E-state index contributed by atoms with van der Waals surface area (Å²) in [5.74, 6) is 0.442. The lowest BCUT2D eigenvalue weighted by atomic mass is 10.1. The van der Waals surface area contributed by atoms with Crippen LogP contribution >= 0.6 is 0 Å². The Hall–Kier alpha value is -2.27. The van der Waals surface area contributed by atoms with E-state index in [9.17, 15) is 4.39 Å². The average Bonchev–Trinajstić information content (AvgIpc) is 2.94. The normalized spacial score (nSPS) is 16.1. The quantitative estimate of drug-likeness (QED) is 0.788. The number of nitrogens with zero attached hydrogens (tertiary/aromatic N) is 3. The standard InChI is InChI=1S/C18H19FN4/c1-12-10-16-18(21-11-12)23(13-6-8-20-9-7-13)17(22-16)14-4-2-3-5-15(14)19/h2-5,10-11,13,20H,6-9H2,1H3. The lowest BCUT2D eigenvalue weighted by molar-refractivity contribution is 0.376. The third-order valence-corrected chi connectivity index (χ3v) is 4.46. The fourth-order valence-electron chi connectivity index (χ4n) is 3.33. The molecule has 5 heteroatoms. The van der Waals surface area contributed by atoms with Gasteiger partial charge in [-0.05, 0) is 56.6 Å². The molecule has 1 aliphatic rings. The van der Waals surface area contributed by atoms with Crippen molar-refractivity contribution in [1.29, 1.82) is 0 Å². The lowest BCUT2D eigenvalue weighted by Gasteiger charge is -2.26. The van der Waals surface area contributed by atoms with Gasteiger partial charge >= 0.3 is 0 Å². The highest BCUT2D eigenvalue weighted by molar-refractivity contribution is 5.78. The van der Waals surface area contributed by atoms with Crippen molar-refractivity contribution in [3.63, 3.8) is 0 Å². The zero-order valence-corrected chi connectivity index (χ0v) is 13.1. The number of pyridine rings is 1. The van der Waals surface area contributed by atoms with E-state index in [-0.39, 0.29) is 5.82 Å². The van der Waals surface area contributed by atoms with Gasteiger partial charge in [-0.1, -0.05) is 12.1 Å². The second-order valence-corrected chi connectivity index (χ2v) is 6.12. The summed E-state index contributed by atoms with van der Waals surface area (Å²) in [6.07, 6.45) is 3.86. The predicted molar refractivity (Wildman–Crippen MR) is 88.8 cm³/mol. The van der Waals surface area contributed by atoms with Crippen molar-refractivity contribution in [2.45, 2.75) is 25.8 Å². The van der Waals surface area contributed by atoms with Crippen LogP contribution in [0.2, 0.25) is 0 Å². The molecule has 0 aliphatic carbocycles. The zero-order chi connectivity index (χ0) is 15.8. The average molecular weight is 310 g/mol. The van der Waals surface area contributed by atoms with Crippen molar-refractivity contribution < 1.29 is 4.39 Å². The maximum atomic E-state index is 14.3. The molecule has 0 spiro atoms. The number of benzene rings is 1. The Labute approximate surface area is 134 Å². The topological polar surface area (TPSA) is 42.7 Å². The molecule has 4 rings (SSSR count). The van der Waals surface area contributed by atoms with Gasteiger partial charge in [-0.25, -0.2) is 14.4 Å². The van der Waals surface area contributed by atoms with E-state index in [0.29, 0.717) is 17.4 Å². The van der Waals surface area contributed by atoms with Gasteiger partial charge in [-0.15, -0.1) is 0 Å². The minimum atomic E-state index is -0.241. The lowest BCUT2D eigenvalue weighted by Crippen LogP contribution is -2.29. The summed E-state index contributed by atoms with van der Waals surface area (Å²) in [6, 6.07) is 9.15. The minimum Gasteiger partial charge on any atom is -0.317 e. The number of hydrogen-bond acceptors (Lipinski definition) is 3. The molecule has 4 nitrogen and oxygen atoms in total. The molecule has 1 fully saturated rings.